The molecule has 0 saturated carbocycles. The molecule has 0 unspecified atom stereocenters. The predicted molar refractivity (Wildman–Crippen MR) is 56.6 cm³/mol. The molecule has 0 saturated heterocycles. The molecule has 3 N–H and O–H groups in total. The molecule has 76 valence electrons. The summed E-state index contributed by atoms with van der Waals surface area (Å²) in [7, 11) is 0. The highest BCUT2D eigenvalue weighted by molar-refractivity contribution is 6.35. The maximum atomic E-state index is 10.4. The fourth-order valence-corrected chi connectivity index (χ4v) is 1.30. The van der Waals surface area contributed by atoms with E-state index in [-0.39, 0.29) is 12.3 Å². The standard InChI is InChI=1S/C8H9Cl2N3O/c9-5-3-6(10)8(13-4-5)12-2-1-7(11)14/h3-4H,1-2H2,(H2,11,14)(H,12,13). The van der Waals surface area contributed by atoms with Crippen molar-refractivity contribution in [3.63, 3.8) is 0 Å². The van der Waals surface area contributed by atoms with Gasteiger partial charge in [-0.3, -0.25) is 4.79 Å². The number of amides is 1. The van der Waals surface area contributed by atoms with Crippen molar-refractivity contribution in [2.75, 3.05) is 11.9 Å². The molecular formula is C8H9Cl2N3O. The summed E-state index contributed by atoms with van der Waals surface area (Å²) in [6, 6.07) is 1.57. The molecule has 0 aliphatic rings. The van der Waals surface area contributed by atoms with Gasteiger partial charge < -0.3 is 11.1 Å². The average Bonchev–Trinajstić information content (AvgIpc) is 2.08. The summed E-state index contributed by atoms with van der Waals surface area (Å²) in [4.78, 5) is 14.4. The van der Waals surface area contributed by atoms with Gasteiger partial charge in [-0.05, 0) is 6.07 Å². The molecule has 6 heteroatoms. The number of nitrogens with zero attached hydrogens (tertiary/aromatic N) is 1. The lowest BCUT2D eigenvalue weighted by Crippen LogP contribution is -2.16. The van der Waals surface area contributed by atoms with Gasteiger partial charge in [0, 0.05) is 19.2 Å². The summed E-state index contributed by atoms with van der Waals surface area (Å²) < 4.78 is 0. The van der Waals surface area contributed by atoms with Gasteiger partial charge in [0.05, 0.1) is 10.0 Å². The number of hydrogen-bond acceptors (Lipinski definition) is 3. The minimum absolute atomic E-state index is 0.237. The number of hydrogen-bond donors (Lipinski definition) is 2. The van der Waals surface area contributed by atoms with Gasteiger partial charge in [0.2, 0.25) is 5.91 Å². The first-order valence-corrected chi connectivity index (χ1v) is 4.68. The Morgan fingerprint density at radius 3 is 2.86 bits per heavy atom. The Morgan fingerprint density at radius 1 is 1.57 bits per heavy atom. The normalized spacial score (nSPS) is 9.86. The molecule has 1 aromatic heterocycles. The molecule has 0 fully saturated rings. The maximum absolute atomic E-state index is 10.4. The third-order valence-electron chi connectivity index (χ3n) is 1.47. The molecule has 0 bridgehead atoms. The zero-order chi connectivity index (χ0) is 10.6. The molecule has 4 nitrogen and oxygen atoms in total. The Bertz CT molecular complexity index is 343. The van der Waals surface area contributed by atoms with Crippen molar-refractivity contribution in [2.45, 2.75) is 6.42 Å². The molecule has 1 rings (SSSR count). The van der Waals surface area contributed by atoms with E-state index in [1.54, 1.807) is 6.07 Å². The molecule has 0 aromatic carbocycles. The van der Waals surface area contributed by atoms with Gasteiger partial charge in [-0.1, -0.05) is 23.2 Å². The lowest BCUT2D eigenvalue weighted by molar-refractivity contribution is -0.117. The second-order valence-corrected chi connectivity index (χ2v) is 3.47. The molecule has 0 atom stereocenters. The van der Waals surface area contributed by atoms with Crippen molar-refractivity contribution in [3.8, 4) is 0 Å². The number of aromatic nitrogens is 1. The van der Waals surface area contributed by atoms with E-state index in [0.29, 0.717) is 22.4 Å². The number of halogens is 2. The van der Waals surface area contributed by atoms with Gasteiger partial charge in [-0.2, -0.15) is 0 Å². The van der Waals surface area contributed by atoms with Crippen LogP contribution in [0.3, 0.4) is 0 Å². The molecule has 0 aliphatic carbocycles. The Hall–Kier alpha value is -1.000. The van der Waals surface area contributed by atoms with Gasteiger partial charge in [0.25, 0.3) is 0 Å². The number of carbonyl (C=O) groups is 1. The van der Waals surface area contributed by atoms with Crippen LogP contribution in [-0.4, -0.2) is 17.4 Å². The van der Waals surface area contributed by atoms with Crippen LogP contribution in [0.5, 0.6) is 0 Å². The molecule has 1 heterocycles. The number of anilines is 1. The average molecular weight is 234 g/mol. The Labute approximate surface area is 91.4 Å². The molecule has 0 radical (unpaired) electrons. The van der Waals surface area contributed by atoms with Crippen molar-refractivity contribution in [3.05, 3.63) is 22.3 Å². The predicted octanol–water partition coefficient (Wildman–Crippen LogP) is 1.68. The van der Waals surface area contributed by atoms with Crippen molar-refractivity contribution in [1.29, 1.82) is 0 Å². The first-order valence-electron chi connectivity index (χ1n) is 3.93. The minimum Gasteiger partial charge on any atom is -0.370 e. The minimum atomic E-state index is -0.373. The fourth-order valence-electron chi connectivity index (χ4n) is 0.849. The summed E-state index contributed by atoms with van der Waals surface area (Å²) in [5.41, 5.74) is 4.97. The summed E-state index contributed by atoms with van der Waals surface area (Å²) in [6.45, 7) is 0.406. The number of primary amides is 1. The number of nitrogens with two attached hydrogens (primary N) is 1. The SMILES string of the molecule is NC(=O)CCNc1ncc(Cl)cc1Cl. The lowest BCUT2D eigenvalue weighted by Gasteiger charge is -2.05. The third-order valence-corrected chi connectivity index (χ3v) is 1.97. The van der Waals surface area contributed by atoms with Crippen LogP contribution in [0, 0.1) is 0 Å². The van der Waals surface area contributed by atoms with E-state index in [1.807, 2.05) is 0 Å². The van der Waals surface area contributed by atoms with E-state index in [4.69, 9.17) is 28.9 Å². The van der Waals surface area contributed by atoms with Crippen molar-refractivity contribution >= 4 is 34.9 Å². The van der Waals surface area contributed by atoms with Crippen molar-refractivity contribution in [2.24, 2.45) is 5.73 Å². The van der Waals surface area contributed by atoms with Gasteiger partial charge in [-0.15, -0.1) is 0 Å². The highest BCUT2D eigenvalue weighted by Crippen LogP contribution is 2.22. The summed E-state index contributed by atoms with van der Waals surface area (Å²) in [5, 5.41) is 3.76. The Balaban J connectivity index is 2.55. The van der Waals surface area contributed by atoms with E-state index >= 15 is 0 Å². The largest absolute Gasteiger partial charge is 0.370 e. The zero-order valence-electron chi connectivity index (χ0n) is 7.26. The number of rotatable bonds is 4. The second kappa shape index (κ2) is 5.02. The van der Waals surface area contributed by atoms with Crippen LogP contribution in [0.2, 0.25) is 10.0 Å². The zero-order valence-corrected chi connectivity index (χ0v) is 8.77. The Kier molecular flexibility index (Phi) is 3.98. The van der Waals surface area contributed by atoms with E-state index < -0.39 is 0 Å². The van der Waals surface area contributed by atoms with Gasteiger partial charge in [0.15, 0.2) is 0 Å². The highest BCUT2D eigenvalue weighted by Gasteiger charge is 2.02. The molecule has 14 heavy (non-hydrogen) atoms. The number of pyridine rings is 1. The van der Waals surface area contributed by atoms with E-state index in [1.165, 1.54) is 6.20 Å². The number of carbonyl (C=O) groups excluding carboxylic acids is 1. The lowest BCUT2D eigenvalue weighted by atomic mass is 10.4. The van der Waals surface area contributed by atoms with E-state index in [2.05, 4.69) is 10.3 Å². The molecule has 0 spiro atoms. The van der Waals surface area contributed by atoms with Crippen LogP contribution in [0.1, 0.15) is 6.42 Å². The quantitative estimate of drug-likeness (QED) is 0.832. The van der Waals surface area contributed by atoms with Crippen LogP contribution in [0.15, 0.2) is 12.3 Å². The smallest absolute Gasteiger partial charge is 0.219 e. The molecule has 1 amide bonds. The van der Waals surface area contributed by atoms with Crippen LogP contribution < -0.4 is 11.1 Å². The van der Waals surface area contributed by atoms with Crippen LogP contribution in [-0.2, 0) is 4.79 Å². The van der Waals surface area contributed by atoms with Crippen molar-refractivity contribution < 1.29 is 4.79 Å². The first-order chi connectivity index (χ1) is 6.59. The van der Waals surface area contributed by atoms with Gasteiger partial charge in [0.1, 0.15) is 5.82 Å². The summed E-state index contributed by atoms with van der Waals surface area (Å²) in [6.07, 6.45) is 1.71. The second-order valence-electron chi connectivity index (χ2n) is 2.63. The van der Waals surface area contributed by atoms with Gasteiger partial charge in [-0.25, -0.2) is 4.98 Å². The number of nitrogens with one attached hydrogen (secondary N) is 1. The maximum Gasteiger partial charge on any atom is 0.219 e. The van der Waals surface area contributed by atoms with E-state index in [9.17, 15) is 4.79 Å². The molecular weight excluding hydrogens is 225 g/mol. The topological polar surface area (TPSA) is 68.0 Å². The van der Waals surface area contributed by atoms with Crippen LogP contribution in [0.25, 0.3) is 0 Å². The third kappa shape index (κ3) is 3.40. The first kappa shape index (κ1) is 11.1. The highest BCUT2D eigenvalue weighted by atomic mass is 35.5. The van der Waals surface area contributed by atoms with Gasteiger partial charge >= 0.3 is 0 Å². The van der Waals surface area contributed by atoms with Crippen molar-refractivity contribution in [1.82, 2.24) is 4.98 Å². The summed E-state index contributed by atoms with van der Waals surface area (Å²) >= 11 is 11.5. The molecule has 0 aliphatic heterocycles. The van der Waals surface area contributed by atoms with E-state index in [0.717, 1.165) is 0 Å². The fraction of sp³-hybridized carbons (Fsp3) is 0.250. The summed E-state index contributed by atoms with van der Waals surface area (Å²) in [5.74, 6) is 0.125. The molecule has 1 aromatic rings. The Morgan fingerprint density at radius 2 is 2.29 bits per heavy atom. The van der Waals surface area contributed by atoms with Crippen LogP contribution >= 0.6 is 23.2 Å². The monoisotopic (exact) mass is 233 g/mol. The van der Waals surface area contributed by atoms with Crippen LogP contribution in [0.4, 0.5) is 5.82 Å².